The van der Waals surface area contributed by atoms with Crippen LogP contribution in [-0.4, -0.2) is 33.1 Å². The van der Waals surface area contributed by atoms with Crippen LogP contribution >= 0.6 is 15.9 Å². The zero-order chi connectivity index (χ0) is 23.0. The molecule has 0 unspecified atom stereocenters. The highest BCUT2D eigenvalue weighted by atomic mass is 79.9. The molecule has 8 nitrogen and oxygen atoms in total. The van der Waals surface area contributed by atoms with Gasteiger partial charge in [0.05, 0.1) is 23.2 Å². The van der Waals surface area contributed by atoms with Crippen molar-refractivity contribution < 1.29 is 22.7 Å². The van der Waals surface area contributed by atoms with Gasteiger partial charge >= 0.3 is 5.97 Å². The molecule has 0 saturated carbocycles. The van der Waals surface area contributed by atoms with Gasteiger partial charge in [0, 0.05) is 4.47 Å². The molecule has 0 atom stereocenters. The zero-order valence-electron chi connectivity index (χ0n) is 16.6. The number of hydrogen-bond donors (Lipinski definition) is 2. The Bertz CT molecular complexity index is 1230. The summed E-state index contributed by atoms with van der Waals surface area (Å²) < 4.78 is 32.3. The summed E-state index contributed by atoms with van der Waals surface area (Å²) in [6, 6.07) is 21.1. The molecule has 0 radical (unpaired) electrons. The maximum Gasteiger partial charge on any atom is 0.344 e. The number of nitrogens with zero attached hydrogens (tertiary/aromatic N) is 1. The minimum atomic E-state index is -3.78. The molecule has 0 heterocycles. The molecule has 10 heteroatoms. The minimum absolute atomic E-state index is 0.0664. The Morgan fingerprint density at radius 2 is 1.59 bits per heavy atom. The fourth-order valence-corrected chi connectivity index (χ4v) is 3.92. The number of carbonyl (C=O) groups is 2. The van der Waals surface area contributed by atoms with Gasteiger partial charge in [-0.3, -0.25) is 4.79 Å². The van der Waals surface area contributed by atoms with E-state index >= 15 is 0 Å². The van der Waals surface area contributed by atoms with Gasteiger partial charge in [-0.15, -0.1) is 0 Å². The van der Waals surface area contributed by atoms with E-state index in [2.05, 4.69) is 31.2 Å². The fourth-order valence-electron chi connectivity index (χ4n) is 2.47. The van der Waals surface area contributed by atoms with E-state index in [0.29, 0.717) is 21.3 Å². The Morgan fingerprint density at radius 3 is 2.28 bits per heavy atom. The van der Waals surface area contributed by atoms with Crippen molar-refractivity contribution in [2.24, 2.45) is 5.10 Å². The number of nitrogens with one attached hydrogen (secondary N) is 2. The second kappa shape index (κ2) is 10.8. The van der Waals surface area contributed by atoms with E-state index in [1.807, 2.05) is 0 Å². The molecule has 164 valence electrons. The molecule has 0 aliphatic carbocycles. The van der Waals surface area contributed by atoms with E-state index in [1.54, 1.807) is 66.7 Å². The number of carbonyl (C=O) groups excluding carboxylic acids is 2. The molecule has 3 aromatic carbocycles. The lowest BCUT2D eigenvalue weighted by Gasteiger charge is -2.06. The van der Waals surface area contributed by atoms with Crippen LogP contribution in [0.1, 0.15) is 15.9 Å². The molecule has 1 amide bonds. The Kier molecular flexibility index (Phi) is 7.87. The SMILES string of the molecule is O=C(CNS(=O)(=O)c1ccccc1)N/N=C\c1ccc(OC(=O)c2ccccc2Br)cc1. The Balaban J connectivity index is 1.49. The van der Waals surface area contributed by atoms with E-state index < -0.39 is 28.4 Å². The van der Waals surface area contributed by atoms with E-state index in [9.17, 15) is 18.0 Å². The lowest BCUT2D eigenvalue weighted by Crippen LogP contribution is -2.34. The maximum atomic E-state index is 12.2. The van der Waals surface area contributed by atoms with E-state index in [1.165, 1.54) is 18.3 Å². The Morgan fingerprint density at radius 1 is 0.938 bits per heavy atom. The van der Waals surface area contributed by atoms with Crippen LogP contribution in [0.3, 0.4) is 0 Å². The highest BCUT2D eigenvalue weighted by Gasteiger charge is 2.14. The molecule has 0 aliphatic rings. The second-order valence-corrected chi connectivity index (χ2v) is 8.99. The second-order valence-electron chi connectivity index (χ2n) is 6.37. The predicted octanol–water partition coefficient (Wildman–Crippen LogP) is 3.10. The van der Waals surface area contributed by atoms with Crippen molar-refractivity contribution in [2.75, 3.05) is 6.54 Å². The van der Waals surface area contributed by atoms with E-state index in [4.69, 9.17) is 4.74 Å². The fraction of sp³-hybridized carbons (Fsp3) is 0.0455. The summed E-state index contributed by atoms with van der Waals surface area (Å²) in [7, 11) is -3.78. The first-order chi connectivity index (χ1) is 15.3. The number of amides is 1. The van der Waals surface area contributed by atoms with Crippen molar-refractivity contribution >= 4 is 44.0 Å². The first-order valence-corrected chi connectivity index (χ1v) is 11.6. The monoisotopic (exact) mass is 515 g/mol. The number of ether oxygens (including phenoxy) is 1. The summed E-state index contributed by atoms with van der Waals surface area (Å²) in [5, 5.41) is 3.79. The molecular weight excluding hydrogens is 498 g/mol. The van der Waals surface area contributed by atoms with Crippen LogP contribution in [0.25, 0.3) is 0 Å². The number of rotatable bonds is 8. The zero-order valence-corrected chi connectivity index (χ0v) is 19.0. The first kappa shape index (κ1) is 23.3. The summed E-state index contributed by atoms with van der Waals surface area (Å²) in [5.74, 6) is -0.772. The van der Waals surface area contributed by atoms with Crippen molar-refractivity contribution in [3.63, 3.8) is 0 Å². The van der Waals surface area contributed by atoms with Crippen molar-refractivity contribution in [2.45, 2.75) is 4.90 Å². The minimum Gasteiger partial charge on any atom is -0.423 e. The van der Waals surface area contributed by atoms with Gasteiger partial charge in [-0.1, -0.05) is 30.3 Å². The number of halogens is 1. The van der Waals surface area contributed by atoms with Crippen LogP contribution < -0.4 is 14.9 Å². The normalized spacial score (nSPS) is 11.3. The molecule has 32 heavy (non-hydrogen) atoms. The number of hydrazone groups is 1. The number of sulfonamides is 1. The molecule has 0 aromatic heterocycles. The average Bonchev–Trinajstić information content (AvgIpc) is 2.80. The van der Waals surface area contributed by atoms with Crippen molar-refractivity contribution in [3.8, 4) is 5.75 Å². The molecule has 0 fully saturated rings. The van der Waals surface area contributed by atoms with Gasteiger partial charge in [-0.25, -0.2) is 23.4 Å². The molecule has 3 aromatic rings. The molecule has 0 bridgehead atoms. The molecule has 0 aliphatic heterocycles. The van der Waals surface area contributed by atoms with Crippen LogP contribution in [0.15, 0.2) is 93.3 Å². The molecule has 2 N–H and O–H groups in total. The molecular formula is C22H18BrN3O5S. The van der Waals surface area contributed by atoms with Crippen molar-refractivity contribution in [1.82, 2.24) is 10.1 Å². The predicted molar refractivity (Wildman–Crippen MR) is 123 cm³/mol. The third kappa shape index (κ3) is 6.58. The smallest absolute Gasteiger partial charge is 0.344 e. The van der Waals surface area contributed by atoms with E-state index in [-0.39, 0.29) is 4.90 Å². The summed E-state index contributed by atoms with van der Waals surface area (Å²) >= 11 is 3.31. The summed E-state index contributed by atoms with van der Waals surface area (Å²) in [5.41, 5.74) is 3.28. The van der Waals surface area contributed by atoms with Crippen LogP contribution in [0.2, 0.25) is 0 Å². The molecule has 0 saturated heterocycles. The summed E-state index contributed by atoms with van der Waals surface area (Å²) in [6.45, 7) is -0.460. The van der Waals surface area contributed by atoms with Crippen LogP contribution in [0.4, 0.5) is 0 Å². The standard InChI is InChI=1S/C22H18BrN3O5S/c23-20-9-5-4-8-19(20)22(28)31-17-12-10-16(11-13-17)14-24-26-21(27)15-25-32(29,30)18-6-2-1-3-7-18/h1-14,25H,15H2,(H,26,27)/b24-14-. The molecule has 0 spiro atoms. The number of benzene rings is 3. The van der Waals surface area contributed by atoms with Crippen LogP contribution in [0.5, 0.6) is 5.75 Å². The van der Waals surface area contributed by atoms with Crippen LogP contribution in [0, 0.1) is 0 Å². The lowest BCUT2D eigenvalue weighted by atomic mass is 10.2. The van der Waals surface area contributed by atoms with Gasteiger partial charge in [-0.2, -0.15) is 5.10 Å². The lowest BCUT2D eigenvalue weighted by molar-refractivity contribution is -0.119. The first-order valence-electron chi connectivity index (χ1n) is 9.28. The van der Waals surface area contributed by atoms with Gasteiger partial charge in [0.15, 0.2) is 0 Å². The summed E-state index contributed by atoms with van der Waals surface area (Å²) in [6.07, 6.45) is 1.38. The number of hydrogen-bond acceptors (Lipinski definition) is 6. The number of esters is 1. The highest BCUT2D eigenvalue weighted by Crippen LogP contribution is 2.19. The van der Waals surface area contributed by atoms with Crippen molar-refractivity contribution in [1.29, 1.82) is 0 Å². The third-order valence-electron chi connectivity index (χ3n) is 4.06. The largest absolute Gasteiger partial charge is 0.423 e. The van der Waals surface area contributed by atoms with Crippen molar-refractivity contribution in [3.05, 3.63) is 94.5 Å². The highest BCUT2D eigenvalue weighted by molar-refractivity contribution is 9.10. The van der Waals surface area contributed by atoms with Gasteiger partial charge < -0.3 is 4.74 Å². The average molecular weight is 516 g/mol. The third-order valence-corrected chi connectivity index (χ3v) is 6.17. The van der Waals surface area contributed by atoms with Gasteiger partial charge in [0.2, 0.25) is 10.0 Å². The Hall–Kier alpha value is -3.34. The molecule has 3 rings (SSSR count). The van der Waals surface area contributed by atoms with Crippen LogP contribution in [-0.2, 0) is 14.8 Å². The topological polar surface area (TPSA) is 114 Å². The van der Waals surface area contributed by atoms with E-state index in [0.717, 1.165) is 0 Å². The van der Waals surface area contributed by atoms with Gasteiger partial charge in [-0.05, 0) is 70.0 Å². The quantitative estimate of drug-likeness (QED) is 0.207. The van der Waals surface area contributed by atoms with Gasteiger partial charge in [0.1, 0.15) is 5.75 Å². The summed E-state index contributed by atoms with van der Waals surface area (Å²) in [4.78, 5) is 24.1. The maximum absolute atomic E-state index is 12.2. The van der Waals surface area contributed by atoms with Gasteiger partial charge in [0.25, 0.3) is 5.91 Å². The Labute approximate surface area is 193 Å².